The summed E-state index contributed by atoms with van der Waals surface area (Å²) in [5, 5.41) is 5.60. The summed E-state index contributed by atoms with van der Waals surface area (Å²) < 4.78 is 5.08. The van der Waals surface area contributed by atoms with Crippen molar-refractivity contribution in [3.63, 3.8) is 0 Å². The minimum Gasteiger partial charge on any atom is -0.462 e. The molecule has 2 aromatic rings. The van der Waals surface area contributed by atoms with Crippen molar-refractivity contribution >= 4 is 39.8 Å². The Morgan fingerprint density at radius 1 is 1.29 bits per heavy atom. The zero-order valence-electron chi connectivity index (χ0n) is 11.6. The topological polar surface area (TPSA) is 55.4 Å². The van der Waals surface area contributed by atoms with E-state index < -0.39 is 5.97 Å². The molecule has 0 saturated heterocycles. The van der Waals surface area contributed by atoms with Crippen molar-refractivity contribution in [1.82, 2.24) is 0 Å². The number of carbonyl (C=O) groups is 2. The van der Waals surface area contributed by atoms with Crippen LogP contribution in [0.1, 0.15) is 24.2 Å². The summed E-state index contributed by atoms with van der Waals surface area (Å²) in [4.78, 5) is 23.4. The molecule has 1 aromatic heterocycles. The number of amides is 1. The third-order valence-corrected chi connectivity index (χ3v) is 3.86. The van der Waals surface area contributed by atoms with Gasteiger partial charge in [0.15, 0.2) is 0 Å². The largest absolute Gasteiger partial charge is 0.462 e. The highest BCUT2D eigenvalue weighted by Gasteiger charge is 2.22. The first-order valence-corrected chi connectivity index (χ1v) is 7.60. The number of halogens is 1. The third-order valence-electron chi connectivity index (χ3n) is 2.72. The van der Waals surface area contributed by atoms with E-state index in [1.54, 1.807) is 19.1 Å². The SMILES string of the molecule is CCOC(=O)c1c(-c2ccc(Cl)cc2)csc1NC(C)=O. The number of hydrogen-bond donors (Lipinski definition) is 1. The number of nitrogens with one attached hydrogen (secondary N) is 1. The summed E-state index contributed by atoms with van der Waals surface area (Å²) in [5.74, 6) is -0.683. The molecule has 1 amide bonds. The fraction of sp³-hybridized carbons (Fsp3) is 0.200. The molecule has 0 aliphatic carbocycles. The zero-order valence-corrected chi connectivity index (χ0v) is 13.2. The van der Waals surface area contributed by atoms with Gasteiger partial charge in [0.25, 0.3) is 0 Å². The Kier molecular flexibility index (Phi) is 4.98. The maximum atomic E-state index is 12.2. The van der Waals surface area contributed by atoms with Crippen LogP contribution in [0.4, 0.5) is 5.00 Å². The molecule has 0 radical (unpaired) electrons. The van der Waals surface area contributed by atoms with E-state index in [9.17, 15) is 9.59 Å². The van der Waals surface area contributed by atoms with Crippen LogP contribution in [-0.4, -0.2) is 18.5 Å². The molecule has 2 rings (SSSR count). The van der Waals surface area contributed by atoms with Crippen molar-refractivity contribution in [1.29, 1.82) is 0 Å². The van der Waals surface area contributed by atoms with E-state index >= 15 is 0 Å². The Morgan fingerprint density at radius 3 is 2.52 bits per heavy atom. The first kappa shape index (κ1) is 15.5. The molecule has 110 valence electrons. The van der Waals surface area contributed by atoms with E-state index in [2.05, 4.69) is 5.32 Å². The third kappa shape index (κ3) is 3.62. The molecule has 0 unspecified atom stereocenters. The molecule has 1 aromatic carbocycles. The molecule has 0 aliphatic heterocycles. The van der Waals surface area contributed by atoms with Crippen LogP contribution in [0, 0.1) is 0 Å². The molecule has 21 heavy (non-hydrogen) atoms. The van der Waals surface area contributed by atoms with E-state index in [1.165, 1.54) is 18.3 Å². The second-order valence-electron chi connectivity index (χ2n) is 4.26. The van der Waals surface area contributed by atoms with Crippen LogP contribution in [0.3, 0.4) is 0 Å². The predicted octanol–water partition coefficient (Wildman–Crippen LogP) is 4.20. The minimum absolute atomic E-state index is 0.231. The lowest BCUT2D eigenvalue weighted by Gasteiger charge is -2.07. The number of thiophene rings is 1. The van der Waals surface area contributed by atoms with Crippen LogP contribution in [-0.2, 0) is 9.53 Å². The van der Waals surface area contributed by atoms with E-state index in [-0.39, 0.29) is 12.5 Å². The van der Waals surface area contributed by atoms with Gasteiger partial charge >= 0.3 is 5.97 Å². The normalized spacial score (nSPS) is 10.2. The Balaban J connectivity index is 2.49. The van der Waals surface area contributed by atoms with Gasteiger partial charge in [0.1, 0.15) is 10.6 Å². The molecule has 0 fully saturated rings. The van der Waals surface area contributed by atoms with Gasteiger partial charge in [-0.3, -0.25) is 4.79 Å². The highest BCUT2D eigenvalue weighted by Crippen LogP contribution is 2.36. The Hall–Kier alpha value is -1.85. The number of carbonyl (C=O) groups excluding carboxylic acids is 2. The van der Waals surface area contributed by atoms with E-state index in [0.717, 1.165) is 11.1 Å². The minimum atomic E-state index is -0.451. The molecule has 0 spiro atoms. The maximum absolute atomic E-state index is 12.2. The first-order valence-electron chi connectivity index (χ1n) is 6.35. The Bertz CT molecular complexity index is 664. The fourth-order valence-corrected chi connectivity index (χ4v) is 2.99. The van der Waals surface area contributed by atoms with Crippen molar-refractivity contribution in [2.75, 3.05) is 11.9 Å². The first-order chi connectivity index (χ1) is 10.0. The smallest absolute Gasteiger partial charge is 0.341 e. The average Bonchev–Trinajstić information content (AvgIpc) is 2.82. The van der Waals surface area contributed by atoms with Crippen molar-refractivity contribution in [2.24, 2.45) is 0 Å². The summed E-state index contributed by atoms with van der Waals surface area (Å²) in [7, 11) is 0. The number of esters is 1. The lowest BCUT2D eigenvalue weighted by molar-refractivity contribution is -0.114. The lowest BCUT2D eigenvalue weighted by atomic mass is 10.0. The molecule has 4 nitrogen and oxygen atoms in total. The van der Waals surface area contributed by atoms with Gasteiger partial charge in [-0.2, -0.15) is 0 Å². The zero-order chi connectivity index (χ0) is 15.4. The average molecular weight is 324 g/mol. The molecule has 1 heterocycles. The monoisotopic (exact) mass is 323 g/mol. The quantitative estimate of drug-likeness (QED) is 0.858. The molecular formula is C15H14ClNO3S. The van der Waals surface area contributed by atoms with Crippen LogP contribution < -0.4 is 5.32 Å². The van der Waals surface area contributed by atoms with E-state index in [1.807, 2.05) is 17.5 Å². The lowest BCUT2D eigenvalue weighted by Crippen LogP contribution is -2.11. The molecule has 0 atom stereocenters. The van der Waals surface area contributed by atoms with Gasteiger partial charge in [-0.25, -0.2) is 4.79 Å². The van der Waals surface area contributed by atoms with Gasteiger partial charge in [-0.05, 0) is 24.6 Å². The van der Waals surface area contributed by atoms with E-state index in [4.69, 9.17) is 16.3 Å². The Morgan fingerprint density at radius 2 is 1.95 bits per heavy atom. The van der Waals surface area contributed by atoms with Crippen LogP contribution in [0.25, 0.3) is 11.1 Å². The number of hydrogen-bond acceptors (Lipinski definition) is 4. The van der Waals surface area contributed by atoms with Crippen molar-refractivity contribution in [2.45, 2.75) is 13.8 Å². The summed E-state index contributed by atoms with van der Waals surface area (Å²) >= 11 is 7.17. The fourth-order valence-electron chi connectivity index (χ4n) is 1.86. The number of anilines is 1. The standard InChI is InChI=1S/C15H14ClNO3S/c1-3-20-15(19)13-12(8-21-14(13)17-9(2)18)10-4-6-11(16)7-5-10/h4-8H,3H2,1-2H3,(H,17,18). The molecule has 0 bridgehead atoms. The van der Waals surface area contributed by atoms with Gasteiger partial charge in [-0.1, -0.05) is 23.7 Å². The van der Waals surface area contributed by atoms with Crippen molar-refractivity contribution < 1.29 is 14.3 Å². The summed E-state index contributed by atoms with van der Waals surface area (Å²) in [6.45, 7) is 3.41. The van der Waals surface area contributed by atoms with E-state index in [0.29, 0.717) is 15.6 Å². The van der Waals surface area contributed by atoms with Gasteiger partial charge in [0, 0.05) is 22.9 Å². The molecule has 0 aliphatic rings. The maximum Gasteiger partial charge on any atom is 0.341 e. The molecule has 6 heteroatoms. The highest BCUT2D eigenvalue weighted by molar-refractivity contribution is 7.15. The van der Waals surface area contributed by atoms with Crippen LogP contribution in [0.5, 0.6) is 0 Å². The van der Waals surface area contributed by atoms with Crippen LogP contribution in [0.2, 0.25) is 5.02 Å². The summed E-state index contributed by atoms with van der Waals surface area (Å²) in [6.07, 6.45) is 0. The van der Waals surface area contributed by atoms with Gasteiger partial charge in [-0.15, -0.1) is 11.3 Å². The predicted molar refractivity (Wildman–Crippen MR) is 85.0 cm³/mol. The van der Waals surface area contributed by atoms with Crippen LogP contribution >= 0.6 is 22.9 Å². The molecule has 1 N–H and O–H groups in total. The number of ether oxygens (including phenoxy) is 1. The summed E-state index contributed by atoms with van der Waals surface area (Å²) in [6, 6.07) is 7.15. The van der Waals surface area contributed by atoms with Crippen molar-refractivity contribution in [3.05, 3.63) is 40.2 Å². The van der Waals surface area contributed by atoms with Crippen molar-refractivity contribution in [3.8, 4) is 11.1 Å². The molecule has 0 saturated carbocycles. The number of rotatable bonds is 4. The van der Waals surface area contributed by atoms with Gasteiger partial charge in [0.2, 0.25) is 5.91 Å². The Labute approximate surface area is 131 Å². The summed E-state index contributed by atoms with van der Waals surface area (Å²) in [5.41, 5.74) is 1.94. The second kappa shape index (κ2) is 6.74. The second-order valence-corrected chi connectivity index (χ2v) is 5.58. The molecular weight excluding hydrogens is 310 g/mol. The van der Waals surface area contributed by atoms with Crippen LogP contribution in [0.15, 0.2) is 29.6 Å². The van der Waals surface area contributed by atoms with Gasteiger partial charge < -0.3 is 10.1 Å². The highest BCUT2D eigenvalue weighted by atomic mass is 35.5. The van der Waals surface area contributed by atoms with Gasteiger partial charge in [0.05, 0.1) is 6.61 Å². The number of benzene rings is 1.